The molecule has 1 N–H and O–H groups in total. The SMILES string of the molecule is CCC(C)(Pc1ccccc1CN(Cl)c1ccccc1)c1cc(C)ccc1O. The van der Waals surface area contributed by atoms with Crippen molar-refractivity contribution in [3.05, 3.63) is 89.5 Å². The minimum absolute atomic E-state index is 0.129. The first kappa shape index (κ1) is 20.7. The molecule has 0 spiro atoms. The first-order chi connectivity index (χ1) is 13.4. The predicted molar refractivity (Wildman–Crippen MR) is 123 cm³/mol. The van der Waals surface area contributed by atoms with Crippen molar-refractivity contribution in [2.75, 3.05) is 4.42 Å². The molecule has 0 radical (unpaired) electrons. The van der Waals surface area contributed by atoms with Crippen molar-refractivity contribution in [2.24, 2.45) is 0 Å². The summed E-state index contributed by atoms with van der Waals surface area (Å²) < 4.78 is 1.76. The molecular formula is C24H27ClNOP. The minimum Gasteiger partial charge on any atom is -0.508 e. The highest BCUT2D eigenvalue weighted by Crippen LogP contribution is 2.47. The van der Waals surface area contributed by atoms with Crippen LogP contribution < -0.4 is 9.72 Å². The lowest BCUT2D eigenvalue weighted by molar-refractivity contribution is 0.456. The molecule has 0 saturated heterocycles. The summed E-state index contributed by atoms with van der Waals surface area (Å²) in [6.07, 6.45) is 0.945. The van der Waals surface area contributed by atoms with Crippen molar-refractivity contribution in [1.29, 1.82) is 0 Å². The van der Waals surface area contributed by atoms with E-state index < -0.39 is 0 Å². The maximum absolute atomic E-state index is 10.5. The van der Waals surface area contributed by atoms with Gasteiger partial charge in [0.25, 0.3) is 0 Å². The number of aryl methyl sites for hydroxylation is 1. The molecule has 0 aliphatic rings. The molecule has 2 unspecified atom stereocenters. The summed E-state index contributed by atoms with van der Waals surface area (Å²) in [6.45, 7) is 7.14. The van der Waals surface area contributed by atoms with Gasteiger partial charge in [0, 0.05) is 22.5 Å². The minimum atomic E-state index is -0.129. The van der Waals surface area contributed by atoms with Gasteiger partial charge >= 0.3 is 0 Å². The summed E-state index contributed by atoms with van der Waals surface area (Å²) in [7, 11) is 0.529. The number of benzene rings is 3. The zero-order valence-electron chi connectivity index (χ0n) is 16.6. The third-order valence-corrected chi connectivity index (χ3v) is 7.47. The smallest absolute Gasteiger partial charge is 0.119 e. The Morgan fingerprint density at radius 1 is 1.00 bits per heavy atom. The Labute approximate surface area is 175 Å². The van der Waals surface area contributed by atoms with E-state index in [9.17, 15) is 5.11 Å². The number of nitrogens with zero attached hydrogens (tertiary/aromatic N) is 1. The number of hydrogen-bond acceptors (Lipinski definition) is 2. The number of phenolic OH excluding ortho intramolecular Hbond substituents is 1. The van der Waals surface area contributed by atoms with E-state index in [1.165, 1.54) is 16.4 Å². The largest absolute Gasteiger partial charge is 0.508 e. The average molecular weight is 412 g/mol. The van der Waals surface area contributed by atoms with Crippen molar-refractivity contribution in [1.82, 2.24) is 0 Å². The van der Waals surface area contributed by atoms with Gasteiger partial charge in [-0.05, 0) is 42.4 Å². The van der Waals surface area contributed by atoms with Crippen molar-refractivity contribution in [3.8, 4) is 5.75 Å². The third-order valence-electron chi connectivity index (χ3n) is 5.23. The van der Waals surface area contributed by atoms with E-state index in [0.29, 0.717) is 20.9 Å². The Bertz CT molecular complexity index is 931. The highest BCUT2D eigenvalue weighted by molar-refractivity contribution is 7.48. The zero-order valence-corrected chi connectivity index (χ0v) is 18.4. The summed E-state index contributed by atoms with van der Waals surface area (Å²) >= 11 is 6.58. The number of halogens is 1. The molecule has 3 rings (SSSR count). The third kappa shape index (κ3) is 4.69. The first-order valence-corrected chi connectivity index (χ1v) is 10.9. The van der Waals surface area contributed by atoms with Crippen LogP contribution in [0.1, 0.15) is 37.0 Å². The molecule has 0 aliphatic heterocycles. The normalized spacial score (nSPS) is 13.6. The maximum atomic E-state index is 10.5. The van der Waals surface area contributed by atoms with Crippen molar-refractivity contribution in [3.63, 3.8) is 0 Å². The van der Waals surface area contributed by atoms with Crippen LogP contribution in [0.3, 0.4) is 0 Å². The van der Waals surface area contributed by atoms with Gasteiger partial charge in [0.2, 0.25) is 0 Å². The Morgan fingerprint density at radius 2 is 1.68 bits per heavy atom. The molecule has 2 atom stereocenters. The number of rotatable bonds is 7. The van der Waals surface area contributed by atoms with Gasteiger partial charge in [-0.2, -0.15) is 0 Å². The molecule has 3 aromatic rings. The van der Waals surface area contributed by atoms with Crippen molar-refractivity contribution in [2.45, 2.75) is 38.9 Å². The fourth-order valence-corrected chi connectivity index (χ4v) is 5.20. The van der Waals surface area contributed by atoms with E-state index >= 15 is 0 Å². The molecule has 0 aliphatic carbocycles. The predicted octanol–water partition coefficient (Wildman–Crippen LogP) is 6.49. The molecule has 28 heavy (non-hydrogen) atoms. The van der Waals surface area contributed by atoms with Crippen LogP contribution in [0.15, 0.2) is 72.8 Å². The van der Waals surface area contributed by atoms with Gasteiger partial charge in [0.05, 0.1) is 12.2 Å². The molecule has 0 fully saturated rings. The Hall–Kier alpha value is -2.02. The lowest BCUT2D eigenvalue weighted by Gasteiger charge is -2.31. The van der Waals surface area contributed by atoms with Gasteiger partial charge < -0.3 is 5.11 Å². The summed E-state index contributed by atoms with van der Waals surface area (Å²) in [5, 5.41) is 11.7. The highest BCUT2D eigenvalue weighted by Gasteiger charge is 2.29. The van der Waals surface area contributed by atoms with Crippen LogP contribution >= 0.6 is 20.4 Å². The molecule has 146 valence electrons. The number of hydrogen-bond donors (Lipinski definition) is 1. The van der Waals surface area contributed by atoms with Crippen LogP contribution in [0, 0.1) is 6.92 Å². The molecular weight excluding hydrogens is 385 g/mol. The van der Waals surface area contributed by atoms with Crippen LogP contribution in [-0.4, -0.2) is 5.11 Å². The molecule has 4 heteroatoms. The Balaban J connectivity index is 1.90. The van der Waals surface area contributed by atoms with Crippen molar-refractivity contribution >= 4 is 31.3 Å². The van der Waals surface area contributed by atoms with Gasteiger partial charge in [-0.3, -0.25) is 4.42 Å². The second kappa shape index (κ2) is 8.99. The van der Waals surface area contributed by atoms with Crippen LogP contribution in [0.4, 0.5) is 5.69 Å². The van der Waals surface area contributed by atoms with Crippen LogP contribution in [0.5, 0.6) is 5.75 Å². The van der Waals surface area contributed by atoms with E-state index in [1.807, 2.05) is 42.5 Å². The molecule has 2 nitrogen and oxygen atoms in total. The van der Waals surface area contributed by atoms with Gasteiger partial charge in [-0.15, -0.1) is 0 Å². The van der Waals surface area contributed by atoms with Crippen LogP contribution in [0.25, 0.3) is 0 Å². The van der Waals surface area contributed by atoms with E-state index in [4.69, 9.17) is 11.8 Å². The lowest BCUT2D eigenvalue weighted by Crippen LogP contribution is -2.22. The van der Waals surface area contributed by atoms with Gasteiger partial charge in [-0.1, -0.05) is 82.6 Å². The first-order valence-electron chi connectivity index (χ1n) is 9.57. The maximum Gasteiger partial charge on any atom is 0.119 e. The van der Waals surface area contributed by atoms with E-state index in [2.05, 4.69) is 51.1 Å². The Kier molecular flexibility index (Phi) is 6.65. The molecule has 3 aromatic carbocycles. The molecule has 0 aromatic heterocycles. The second-order valence-electron chi connectivity index (χ2n) is 7.34. The van der Waals surface area contributed by atoms with Gasteiger partial charge in [0.15, 0.2) is 0 Å². The molecule has 0 saturated carbocycles. The number of para-hydroxylation sites is 1. The number of aromatic hydroxyl groups is 1. The summed E-state index contributed by atoms with van der Waals surface area (Å²) in [5.74, 6) is 0.378. The Morgan fingerprint density at radius 3 is 2.39 bits per heavy atom. The fraction of sp³-hybridized carbons (Fsp3) is 0.250. The van der Waals surface area contributed by atoms with Gasteiger partial charge in [-0.25, -0.2) is 0 Å². The second-order valence-corrected chi connectivity index (χ2v) is 9.64. The lowest BCUT2D eigenvalue weighted by atomic mass is 9.95. The monoisotopic (exact) mass is 411 g/mol. The summed E-state index contributed by atoms with van der Waals surface area (Å²) in [5.41, 5.74) is 4.39. The summed E-state index contributed by atoms with van der Waals surface area (Å²) in [4.78, 5) is 0. The average Bonchev–Trinajstić information content (AvgIpc) is 2.71. The van der Waals surface area contributed by atoms with Crippen LogP contribution in [0.2, 0.25) is 0 Å². The van der Waals surface area contributed by atoms with Crippen molar-refractivity contribution < 1.29 is 5.11 Å². The van der Waals surface area contributed by atoms with Crippen LogP contribution in [-0.2, 0) is 11.7 Å². The zero-order chi connectivity index (χ0) is 20.1. The number of anilines is 1. The quantitative estimate of drug-likeness (QED) is 0.354. The van der Waals surface area contributed by atoms with E-state index in [0.717, 1.165) is 17.7 Å². The topological polar surface area (TPSA) is 23.5 Å². The van der Waals surface area contributed by atoms with Gasteiger partial charge in [0.1, 0.15) is 5.75 Å². The molecule has 0 amide bonds. The highest BCUT2D eigenvalue weighted by atomic mass is 35.5. The van der Waals surface area contributed by atoms with E-state index in [-0.39, 0.29) is 5.16 Å². The molecule has 0 heterocycles. The standard InChI is InChI=1S/C24H27ClNOP/c1-4-24(3,21-16-18(2)14-15-22(21)27)28-23-13-9-8-10-19(23)17-26(25)20-11-6-5-7-12-20/h5-16,27-28H,4,17H2,1-3H3. The molecule has 0 bridgehead atoms. The number of phenols is 1. The van der Waals surface area contributed by atoms with E-state index in [1.54, 1.807) is 4.42 Å². The summed E-state index contributed by atoms with van der Waals surface area (Å²) in [6, 6.07) is 24.4. The fourth-order valence-electron chi connectivity index (χ4n) is 3.35.